The molecule has 0 bridgehead atoms. The number of nitrogens with zero attached hydrogens (tertiary/aromatic N) is 1. The Morgan fingerprint density at radius 3 is 2.85 bits per heavy atom. The van der Waals surface area contributed by atoms with E-state index in [2.05, 4.69) is 27.5 Å². The second-order valence-corrected chi connectivity index (χ2v) is 3.60. The maximum atomic E-state index is 4.41. The van der Waals surface area contributed by atoms with Gasteiger partial charge in [-0.25, -0.2) is 4.98 Å². The number of aromatic nitrogens is 1. The molecule has 2 rings (SSSR count). The zero-order chi connectivity index (χ0) is 9.26. The highest BCUT2D eigenvalue weighted by Gasteiger charge is 1.98. The van der Waals surface area contributed by atoms with Gasteiger partial charge >= 0.3 is 0 Å². The smallest absolute Gasteiger partial charge is 0.0720 e. The van der Waals surface area contributed by atoms with E-state index >= 15 is 0 Å². The van der Waals surface area contributed by atoms with Crippen molar-refractivity contribution in [3.63, 3.8) is 0 Å². The molecule has 0 spiro atoms. The zero-order valence-corrected chi connectivity index (χ0v) is 8.58. The number of benzene rings is 1. The Labute approximate surface area is 85.2 Å². The van der Waals surface area contributed by atoms with Crippen molar-refractivity contribution in [2.45, 2.75) is 0 Å². The molecule has 1 aromatic carbocycles. The van der Waals surface area contributed by atoms with Crippen LogP contribution in [0.2, 0.25) is 0 Å². The lowest BCUT2D eigenvalue weighted by Crippen LogP contribution is -1.82. The van der Waals surface area contributed by atoms with E-state index in [9.17, 15) is 0 Å². The minimum atomic E-state index is 0.908. The number of fused-ring (bicyclic) bond motifs is 1. The minimum absolute atomic E-state index is 0.908. The average Bonchev–Trinajstić information content (AvgIpc) is 2.18. The van der Waals surface area contributed by atoms with Gasteiger partial charge in [0.05, 0.1) is 11.2 Å². The molecule has 0 saturated carbocycles. The molecule has 0 fully saturated rings. The molecule has 0 radical (unpaired) electrons. The SMILES string of the molecule is C=Cc1ccc2c(Br)cccc2n1. The van der Waals surface area contributed by atoms with Gasteiger partial charge in [0.15, 0.2) is 0 Å². The van der Waals surface area contributed by atoms with Crippen LogP contribution in [0.3, 0.4) is 0 Å². The first-order valence-electron chi connectivity index (χ1n) is 3.99. The van der Waals surface area contributed by atoms with E-state index in [1.165, 1.54) is 0 Å². The molecule has 2 heteroatoms. The van der Waals surface area contributed by atoms with Crippen LogP contribution in [-0.2, 0) is 0 Å². The molecule has 1 aromatic heterocycles. The Hall–Kier alpha value is -1.15. The van der Waals surface area contributed by atoms with E-state index in [1.807, 2.05) is 30.3 Å². The minimum Gasteiger partial charge on any atom is -0.248 e. The highest BCUT2D eigenvalue weighted by molar-refractivity contribution is 9.10. The Morgan fingerprint density at radius 2 is 2.08 bits per heavy atom. The summed E-state index contributed by atoms with van der Waals surface area (Å²) in [5.74, 6) is 0. The molecule has 1 heterocycles. The second-order valence-electron chi connectivity index (χ2n) is 2.75. The summed E-state index contributed by atoms with van der Waals surface area (Å²) in [6, 6.07) is 9.99. The van der Waals surface area contributed by atoms with Crippen molar-refractivity contribution >= 4 is 32.9 Å². The van der Waals surface area contributed by atoms with Gasteiger partial charge in [-0.2, -0.15) is 0 Å². The van der Waals surface area contributed by atoms with Gasteiger partial charge in [0.25, 0.3) is 0 Å². The molecule has 13 heavy (non-hydrogen) atoms. The highest BCUT2D eigenvalue weighted by atomic mass is 79.9. The summed E-state index contributed by atoms with van der Waals surface area (Å²) in [6.07, 6.45) is 1.75. The molecule has 0 atom stereocenters. The van der Waals surface area contributed by atoms with Crippen molar-refractivity contribution in [1.29, 1.82) is 0 Å². The number of pyridine rings is 1. The monoisotopic (exact) mass is 233 g/mol. The van der Waals surface area contributed by atoms with Crippen LogP contribution in [0.4, 0.5) is 0 Å². The first-order chi connectivity index (χ1) is 6.31. The first-order valence-corrected chi connectivity index (χ1v) is 4.78. The maximum Gasteiger partial charge on any atom is 0.0720 e. The average molecular weight is 234 g/mol. The Bertz CT molecular complexity index is 463. The summed E-state index contributed by atoms with van der Waals surface area (Å²) in [6.45, 7) is 3.69. The molecule has 0 N–H and O–H groups in total. The van der Waals surface area contributed by atoms with Crippen molar-refractivity contribution in [1.82, 2.24) is 4.98 Å². The van der Waals surface area contributed by atoms with Gasteiger partial charge in [0.1, 0.15) is 0 Å². The molecule has 1 nitrogen and oxygen atoms in total. The van der Waals surface area contributed by atoms with E-state index in [4.69, 9.17) is 0 Å². The molecular weight excluding hydrogens is 226 g/mol. The summed E-state index contributed by atoms with van der Waals surface area (Å²) in [5.41, 5.74) is 1.90. The standard InChI is InChI=1S/C11H8BrN/c1-2-8-6-7-9-10(12)4-3-5-11(9)13-8/h2-7H,1H2. The quantitative estimate of drug-likeness (QED) is 0.733. The van der Waals surface area contributed by atoms with Crippen LogP contribution in [0, 0.1) is 0 Å². The van der Waals surface area contributed by atoms with Gasteiger partial charge in [-0.3, -0.25) is 0 Å². The van der Waals surface area contributed by atoms with Crippen molar-refractivity contribution in [2.75, 3.05) is 0 Å². The molecule has 0 aliphatic rings. The highest BCUT2D eigenvalue weighted by Crippen LogP contribution is 2.22. The number of hydrogen-bond donors (Lipinski definition) is 0. The molecule has 0 amide bonds. The number of hydrogen-bond acceptors (Lipinski definition) is 1. The third-order valence-corrected chi connectivity index (χ3v) is 2.60. The van der Waals surface area contributed by atoms with E-state index < -0.39 is 0 Å². The molecule has 2 aromatic rings. The van der Waals surface area contributed by atoms with E-state index in [0.29, 0.717) is 0 Å². The summed E-state index contributed by atoms with van der Waals surface area (Å²) in [5, 5.41) is 1.13. The topological polar surface area (TPSA) is 12.9 Å². The van der Waals surface area contributed by atoms with Crippen LogP contribution in [0.1, 0.15) is 5.69 Å². The van der Waals surface area contributed by atoms with E-state index in [-0.39, 0.29) is 0 Å². The summed E-state index contributed by atoms with van der Waals surface area (Å²) < 4.78 is 1.08. The maximum absolute atomic E-state index is 4.41. The molecular formula is C11H8BrN. The van der Waals surface area contributed by atoms with E-state index in [1.54, 1.807) is 6.08 Å². The van der Waals surface area contributed by atoms with Gasteiger partial charge in [-0.1, -0.05) is 28.6 Å². The van der Waals surface area contributed by atoms with Gasteiger partial charge in [0.2, 0.25) is 0 Å². The lowest BCUT2D eigenvalue weighted by Gasteiger charge is -2.00. The lowest BCUT2D eigenvalue weighted by molar-refractivity contribution is 1.37. The molecule has 64 valence electrons. The van der Waals surface area contributed by atoms with Crippen LogP contribution < -0.4 is 0 Å². The fraction of sp³-hybridized carbons (Fsp3) is 0. The van der Waals surface area contributed by atoms with Crippen LogP contribution >= 0.6 is 15.9 Å². The Balaban J connectivity index is 2.79. The Kier molecular flexibility index (Phi) is 2.15. The summed E-state index contributed by atoms with van der Waals surface area (Å²) in [4.78, 5) is 4.41. The van der Waals surface area contributed by atoms with Crippen LogP contribution in [0.5, 0.6) is 0 Å². The van der Waals surface area contributed by atoms with Crippen LogP contribution in [0.15, 0.2) is 41.4 Å². The third kappa shape index (κ3) is 1.49. The molecule has 0 unspecified atom stereocenters. The Morgan fingerprint density at radius 1 is 1.23 bits per heavy atom. The predicted octanol–water partition coefficient (Wildman–Crippen LogP) is 3.64. The fourth-order valence-electron chi connectivity index (χ4n) is 1.25. The second kappa shape index (κ2) is 3.30. The number of rotatable bonds is 1. The third-order valence-electron chi connectivity index (χ3n) is 1.91. The van der Waals surface area contributed by atoms with Gasteiger partial charge in [-0.05, 0) is 30.3 Å². The first kappa shape index (κ1) is 8.45. The predicted molar refractivity (Wildman–Crippen MR) is 59.5 cm³/mol. The summed E-state index contributed by atoms with van der Waals surface area (Å²) in [7, 11) is 0. The van der Waals surface area contributed by atoms with Crippen molar-refractivity contribution < 1.29 is 0 Å². The van der Waals surface area contributed by atoms with Gasteiger partial charge in [0, 0.05) is 9.86 Å². The fourth-order valence-corrected chi connectivity index (χ4v) is 1.73. The van der Waals surface area contributed by atoms with Gasteiger partial charge < -0.3 is 0 Å². The molecule has 0 saturated heterocycles. The summed E-state index contributed by atoms with van der Waals surface area (Å²) >= 11 is 3.48. The van der Waals surface area contributed by atoms with E-state index in [0.717, 1.165) is 21.1 Å². The normalized spacial score (nSPS) is 10.2. The molecule has 0 aliphatic heterocycles. The van der Waals surface area contributed by atoms with Crippen molar-refractivity contribution in [2.24, 2.45) is 0 Å². The number of halogens is 1. The van der Waals surface area contributed by atoms with Crippen molar-refractivity contribution in [3.8, 4) is 0 Å². The lowest BCUT2D eigenvalue weighted by atomic mass is 10.2. The van der Waals surface area contributed by atoms with Crippen LogP contribution in [0.25, 0.3) is 17.0 Å². The zero-order valence-electron chi connectivity index (χ0n) is 7.00. The molecule has 0 aliphatic carbocycles. The van der Waals surface area contributed by atoms with Crippen LogP contribution in [-0.4, -0.2) is 4.98 Å². The largest absolute Gasteiger partial charge is 0.248 e. The van der Waals surface area contributed by atoms with Gasteiger partial charge in [-0.15, -0.1) is 0 Å². The van der Waals surface area contributed by atoms with Crippen molar-refractivity contribution in [3.05, 3.63) is 47.1 Å².